The summed E-state index contributed by atoms with van der Waals surface area (Å²) in [4.78, 5) is 23.6. The molecule has 26 heavy (non-hydrogen) atoms. The highest BCUT2D eigenvalue weighted by Crippen LogP contribution is 2.37. The SMILES string of the molecule is CC1(C)CC/C(=N/Nc2ccc(CC3(C)CCC(=O)CC3)cc2)C(=O)C1. The van der Waals surface area contributed by atoms with Crippen LogP contribution in [-0.2, 0) is 16.0 Å². The van der Waals surface area contributed by atoms with Crippen LogP contribution in [0, 0.1) is 10.8 Å². The normalized spacial score (nSPS) is 23.9. The molecule has 4 nitrogen and oxygen atoms in total. The molecule has 4 heteroatoms. The van der Waals surface area contributed by atoms with E-state index in [2.05, 4.69) is 43.4 Å². The van der Waals surface area contributed by atoms with Crippen molar-refractivity contribution >= 4 is 23.0 Å². The minimum atomic E-state index is 0.0948. The Morgan fingerprint density at radius 1 is 0.962 bits per heavy atom. The number of hydrogen-bond acceptors (Lipinski definition) is 4. The second-order valence-electron chi connectivity index (χ2n) is 9.16. The summed E-state index contributed by atoms with van der Waals surface area (Å²) in [7, 11) is 0. The maximum atomic E-state index is 12.2. The highest BCUT2D eigenvalue weighted by molar-refractivity contribution is 6.40. The van der Waals surface area contributed by atoms with E-state index in [0.29, 0.717) is 17.9 Å². The number of Topliss-reactive ketones (excluding diaryl/α,β-unsaturated/α-hetero) is 2. The molecule has 0 heterocycles. The molecule has 0 aromatic heterocycles. The number of hydrogen-bond donors (Lipinski definition) is 1. The first-order valence-corrected chi connectivity index (χ1v) is 9.71. The summed E-state index contributed by atoms with van der Waals surface area (Å²) in [6.07, 6.45) is 6.73. The summed E-state index contributed by atoms with van der Waals surface area (Å²) in [5, 5.41) is 4.35. The molecule has 0 unspecified atom stereocenters. The number of ketones is 2. The number of benzene rings is 1. The van der Waals surface area contributed by atoms with Gasteiger partial charge >= 0.3 is 0 Å². The highest BCUT2D eigenvalue weighted by Gasteiger charge is 2.31. The van der Waals surface area contributed by atoms with Gasteiger partial charge in [-0.05, 0) is 60.6 Å². The smallest absolute Gasteiger partial charge is 0.179 e. The summed E-state index contributed by atoms with van der Waals surface area (Å²) >= 11 is 0. The van der Waals surface area contributed by atoms with E-state index in [1.807, 2.05) is 12.1 Å². The lowest BCUT2D eigenvalue weighted by atomic mass is 9.71. The molecule has 0 aliphatic heterocycles. The van der Waals surface area contributed by atoms with E-state index in [9.17, 15) is 9.59 Å². The van der Waals surface area contributed by atoms with Gasteiger partial charge in [0.2, 0.25) is 0 Å². The fourth-order valence-corrected chi connectivity index (χ4v) is 3.97. The number of nitrogens with one attached hydrogen (secondary N) is 1. The summed E-state index contributed by atoms with van der Waals surface area (Å²) in [5.74, 6) is 0.562. The van der Waals surface area contributed by atoms with E-state index in [4.69, 9.17) is 0 Å². The van der Waals surface area contributed by atoms with Crippen LogP contribution in [0.2, 0.25) is 0 Å². The molecule has 1 aromatic rings. The van der Waals surface area contributed by atoms with Gasteiger partial charge in [-0.15, -0.1) is 0 Å². The fraction of sp³-hybridized carbons (Fsp3) is 0.591. The highest BCUT2D eigenvalue weighted by atomic mass is 16.1. The van der Waals surface area contributed by atoms with Crippen LogP contribution < -0.4 is 5.43 Å². The fourth-order valence-electron chi connectivity index (χ4n) is 3.97. The summed E-state index contributed by atoms with van der Waals surface area (Å²) < 4.78 is 0. The molecule has 2 aliphatic carbocycles. The van der Waals surface area contributed by atoms with E-state index in [-0.39, 0.29) is 16.6 Å². The van der Waals surface area contributed by atoms with Gasteiger partial charge in [0.15, 0.2) is 5.78 Å². The first kappa shape index (κ1) is 18.8. The molecule has 140 valence electrons. The van der Waals surface area contributed by atoms with Crippen LogP contribution in [0.1, 0.15) is 71.3 Å². The molecule has 0 amide bonds. The molecule has 3 rings (SSSR count). The van der Waals surface area contributed by atoms with E-state index in [0.717, 1.165) is 50.6 Å². The molecular weight excluding hydrogens is 324 g/mol. The third-order valence-corrected chi connectivity index (χ3v) is 5.92. The molecule has 0 bridgehead atoms. The summed E-state index contributed by atoms with van der Waals surface area (Å²) in [6, 6.07) is 8.29. The number of carbonyl (C=O) groups excluding carboxylic acids is 2. The van der Waals surface area contributed by atoms with E-state index >= 15 is 0 Å². The Hall–Kier alpha value is -1.97. The van der Waals surface area contributed by atoms with Gasteiger partial charge in [-0.1, -0.05) is 32.9 Å². The molecule has 1 aromatic carbocycles. The Kier molecular flexibility index (Phi) is 5.31. The predicted molar refractivity (Wildman–Crippen MR) is 105 cm³/mol. The van der Waals surface area contributed by atoms with Crippen LogP contribution in [0.25, 0.3) is 0 Å². The maximum Gasteiger partial charge on any atom is 0.179 e. The van der Waals surface area contributed by atoms with E-state index in [1.54, 1.807) is 0 Å². The Bertz CT molecular complexity index is 706. The third kappa shape index (κ3) is 4.80. The quantitative estimate of drug-likeness (QED) is 0.780. The molecule has 1 N–H and O–H groups in total. The third-order valence-electron chi connectivity index (χ3n) is 5.92. The zero-order chi connectivity index (χ0) is 18.8. The maximum absolute atomic E-state index is 12.2. The minimum Gasteiger partial charge on any atom is -0.300 e. The first-order chi connectivity index (χ1) is 12.2. The van der Waals surface area contributed by atoms with Crippen molar-refractivity contribution in [2.75, 3.05) is 5.43 Å². The van der Waals surface area contributed by atoms with Crippen molar-refractivity contribution in [3.05, 3.63) is 29.8 Å². The number of rotatable bonds is 4. The van der Waals surface area contributed by atoms with Crippen molar-refractivity contribution < 1.29 is 9.59 Å². The van der Waals surface area contributed by atoms with Gasteiger partial charge in [-0.2, -0.15) is 5.10 Å². The van der Waals surface area contributed by atoms with Crippen molar-refractivity contribution in [3.63, 3.8) is 0 Å². The van der Waals surface area contributed by atoms with Gasteiger partial charge < -0.3 is 0 Å². The Balaban J connectivity index is 1.57. The zero-order valence-corrected chi connectivity index (χ0v) is 16.2. The van der Waals surface area contributed by atoms with E-state index in [1.165, 1.54) is 5.56 Å². The molecule has 0 radical (unpaired) electrons. The topological polar surface area (TPSA) is 58.5 Å². The summed E-state index contributed by atoms with van der Waals surface area (Å²) in [6.45, 7) is 6.56. The summed E-state index contributed by atoms with van der Waals surface area (Å²) in [5.41, 5.74) is 6.22. The van der Waals surface area contributed by atoms with Crippen molar-refractivity contribution in [1.29, 1.82) is 0 Å². The Labute approximate surface area is 156 Å². The van der Waals surface area contributed by atoms with Crippen LogP contribution in [-0.4, -0.2) is 17.3 Å². The lowest BCUT2D eigenvalue weighted by Crippen LogP contribution is -2.30. The first-order valence-electron chi connectivity index (χ1n) is 9.71. The van der Waals surface area contributed by atoms with Gasteiger partial charge in [-0.25, -0.2) is 0 Å². The molecule has 2 aliphatic rings. The lowest BCUT2D eigenvalue weighted by Gasteiger charge is -2.33. The van der Waals surface area contributed by atoms with Gasteiger partial charge in [0, 0.05) is 19.3 Å². The Morgan fingerprint density at radius 3 is 2.23 bits per heavy atom. The van der Waals surface area contributed by atoms with Crippen molar-refractivity contribution in [2.24, 2.45) is 15.9 Å². The number of anilines is 1. The van der Waals surface area contributed by atoms with Gasteiger partial charge in [0.1, 0.15) is 11.5 Å². The molecular formula is C22H30N2O2. The number of hydrazone groups is 1. The largest absolute Gasteiger partial charge is 0.300 e. The second kappa shape index (κ2) is 7.34. The zero-order valence-electron chi connectivity index (χ0n) is 16.2. The molecule has 0 saturated heterocycles. The average molecular weight is 354 g/mol. The average Bonchev–Trinajstić information content (AvgIpc) is 2.58. The van der Waals surface area contributed by atoms with Crippen LogP contribution in [0.4, 0.5) is 5.69 Å². The monoisotopic (exact) mass is 354 g/mol. The van der Waals surface area contributed by atoms with Gasteiger partial charge in [-0.3, -0.25) is 15.0 Å². The van der Waals surface area contributed by atoms with Crippen molar-refractivity contribution in [1.82, 2.24) is 0 Å². The minimum absolute atomic E-state index is 0.0948. The van der Waals surface area contributed by atoms with E-state index < -0.39 is 0 Å². The van der Waals surface area contributed by atoms with Crippen LogP contribution in [0.5, 0.6) is 0 Å². The predicted octanol–water partition coefficient (Wildman–Crippen LogP) is 4.93. The van der Waals surface area contributed by atoms with Gasteiger partial charge in [0.05, 0.1) is 5.69 Å². The molecule has 2 fully saturated rings. The molecule has 0 spiro atoms. The number of nitrogens with zero attached hydrogens (tertiary/aromatic N) is 1. The van der Waals surface area contributed by atoms with Crippen LogP contribution >= 0.6 is 0 Å². The molecule has 2 saturated carbocycles. The number of carbonyl (C=O) groups is 2. The second-order valence-corrected chi connectivity index (χ2v) is 9.16. The lowest BCUT2D eigenvalue weighted by molar-refractivity contribution is -0.122. The van der Waals surface area contributed by atoms with Crippen LogP contribution in [0.15, 0.2) is 29.4 Å². The Morgan fingerprint density at radius 2 is 1.62 bits per heavy atom. The van der Waals surface area contributed by atoms with Crippen molar-refractivity contribution in [3.8, 4) is 0 Å². The van der Waals surface area contributed by atoms with Crippen LogP contribution in [0.3, 0.4) is 0 Å². The molecule has 0 atom stereocenters. The van der Waals surface area contributed by atoms with Crippen molar-refractivity contribution in [2.45, 2.75) is 72.1 Å². The van der Waals surface area contributed by atoms with Gasteiger partial charge in [0.25, 0.3) is 0 Å². The standard InChI is InChI=1S/C22H30N2O2/c1-21(2)11-10-19(20(26)15-21)24-23-17-6-4-16(5-7-17)14-22(3)12-8-18(25)9-13-22/h4-7,23H,8-15H2,1-3H3/b24-19-.